The van der Waals surface area contributed by atoms with Crippen molar-refractivity contribution < 1.29 is 14.7 Å². The van der Waals surface area contributed by atoms with Gasteiger partial charge in [-0.05, 0) is 19.4 Å². The lowest BCUT2D eigenvalue weighted by Gasteiger charge is -2.06. The number of hydrogen-bond donors (Lipinski definition) is 3. The number of nitrogens with one attached hydrogen (secondary N) is 2. The zero-order chi connectivity index (χ0) is 14.7. The number of rotatable bonds is 4. The SMILES string of the molecule is Cc1sc(NC(=O)NCc2cncs2)c(C(=O)O)c1C. The van der Waals surface area contributed by atoms with Gasteiger partial charge in [0.1, 0.15) is 5.00 Å². The van der Waals surface area contributed by atoms with E-state index in [1.54, 1.807) is 18.6 Å². The molecule has 2 heterocycles. The smallest absolute Gasteiger partial charge is 0.338 e. The van der Waals surface area contributed by atoms with Crippen molar-refractivity contribution in [3.8, 4) is 0 Å². The second kappa shape index (κ2) is 6.02. The van der Waals surface area contributed by atoms with Crippen LogP contribution >= 0.6 is 22.7 Å². The summed E-state index contributed by atoms with van der Waals surface area (Å²) < 4.78 is 0. The van der Waals surface area contributed by atoms with Crippen molar-refractivity contribution in [3.05, 3.63) is 32.6 Å². The molecule has 8 heteroatoms. The molecule has 0 spiro atoms. The van der Waals surface area contributed by atoms with Gasteiger partial charge in [-0.1, -0.05) is 0 Å². The maximum atomic E-state index is 11.8. The van der Waals surface area contributed by atoms with Gasteiger partial charge in [-0.15, -0.1) is 22.7 Å². The largest absolute Gasteiger partial charge is 0.478 e. The van der Waals surface area contributed by atoms with Crippen molar-refractivity contribution >= 4 is 39.7 Å². The molecule has 0 saturated carbocycles. The minimum atomic E-state index is -1.04. The molecular formula is C12H13N3O3S2. The molecule has 106 valence electrons. The van der Waals surface area contributed by atoms with Crippen molar-refractivity contribution in [3.63, 3.8) is 0 Å². The van der Waals surface area contributed by atoms with Crippen molar-refractivity contribution in [2.75, 3.05) is 5.32 Å². The van der Waals surface area contributed by atoms with Crippen molar-refractivity contribution in [2.24, 2.45) is 0 Å². The van der Waals surface area contributed by atoms with Gasteiger partial charge in [-0.2, -0.15) is 0 Å². The molecule has 2 rings (SSSR count). The second-order valence-electron chi connectivity index (χ2n) is 4.07. The van der Waals surface area contributed by atoms with Gasteiger partial charge >= 0.3 is 12.0 Å². The first-order valence-corrected chi connectivity index (χ1v) is 7.44. The monoisotopic (exact) mass is 311 g/mol. The van der Waals surface area contributed by atoms with E-state index >= 15 is 0 Å². The fourth-order valence-corrected chi connectivity index (χ4v) is 3.20. The number of carboxylic acids is 1. The van der Waals surface area contributed by atoms with Gasteiger partial charge in [0, 0.05) is 16.0 Å². The molecule has 0 aliphatic heterocycles. The summed E-state index contributed by atoms with van der Waals surface area (Å²) in [5.41, 5.74) is 2.52. The summed E-state index contributed by atoms with van der Waals surface area (Å²) in [6, 6.07) is -0.429. The first kappa shape index (κ1) is 14.5. The third kappa shape index (κ3) is 3.14. The molecule has 0 unspecified atom stereocenters. The molecule has 0 fully saturated rings. The summed E-state index contributed by atoms with van der Waals surface area (Å²) >= 11 is 2.70. The Kier molecular flexibility index (Phi) is 4.35. The van der Waals surface area contributed by atoms with E-state index in [-0.39, 0.29) is 5.56 Å². The predicted molar refractivity (Wildman–Crippen MR) is 78.7 cm³/mol. The number of aryl methyl sites for hydroxylation is 1. The molecular weight excluding hydrogens is 298 g/mol. The Bertz CT molecular complexity index is 635. The lowest BCUT2D eigenvalue weighted by atomic mass is 10.1. The summed E-state index contributed by atoms with van der Waals surface area (Å²) in [6.45, 7) is 3.92. The first-order valence-electron chi connectivity index (χ1n) is 5.74. The van der Waals surface area contributed by atoms with Crippen LogP contribution < -0.4 is 10.6 Å². The van der Waals surface area contributed by atoms with Crippen LogP contribution in [0.2, 0.25) is 0 Å². The van der Waals surface area contributed by atoms with Gasteiger partial charge < -0.3 is 10.4 Å². The van der Waals surface area contributed by atoms with Crippen LogP contribution in [0, 0.1) is 13.8 Å². The summed E-state index contributed by atoms with van der Waals surface area (Å²) in [7, 11) is 0. The summed E-state index contributed by atoms with van der Waals surface area (Å²) in [5.74, 6) is -1.04. The molecule has 0 bridgehead atoms. The fourth-order valence-electron chi connectivity index (χ4n) is 1.62. The maximum absolute atomic E-state index is 11.8. The molecule has 20 heavy (non-hydrogen) atoms. The Hall–Kier alpha value is -1.93. The van der Waals surface area contributed by atoms with Crippen LogP contribution in [0.1, 0.15) is 25.7 Å². The number of anilines is 1. The highest BCUT2D eigenvalue weighted by molar-refractivity contribution is 7.16. The minimum absolute atomic E-state index is 0.153. The number of carbonyl (C=O) groups is 2. The molecule has 3 N–H and O–H groups in total. The van der Waals surface area contributed by atoms with Gasteiger partial charge in [0.15, 0.2) is 0 Å². The van der Waals surface area contributed by atoms with E-state index in [0.717, 1.165) is 9.75 Å². The van der Waals surface area contributed by atoms with Crippen LogP contribution in [0.3, 0.4) is 0 Å². The van der Waals surface area contributed by atoms with E-state index in [1.165, 1.54) is 22.7 Å². The van der Waals surface area contributed by atoms with E-state index < -0.39 is 12.0 Å². The predicted octanol–water partition coefficient (Wildman–Crippen LogP) is 2.84. The van der Waals surface area contributed by atoms with Gasteiger partial charge in [0.05, 0.1) is 17.6 Å². The number of carbonyl (C=O) groups excluding carboxylic acids is 1. The lowest BCUT2D eigenvalue weighted by Crippen LogP contribution is -2.28. The Morgan fingerprint density at radius 3 is 2.75 bits per heavy atom. The van der Waals surface area contributed by atoms with Crippen LogP contribution in [0.15, 0.2) is 11.7 Å². The number of nitrogens with zero attached hydrogens (tertiary/aromatic N) is 1. The summed E-state index contributed by atoms with van der Waals surface area (Å²) in [4.78, 5) is 28.7. The molecule has 0 aliphatic rings. The minimum Gasteiger partial charge on any atom is -0.478 e. The Balaban J connectivity index is 2.04. The van der Waals surface area contributed by atoms with Crippen LogP contribution in [0.25, 0.3) is 0 Å². The Morgan fingerprint density at radius 2 is 2.15 bits per heavy atom. The lowest BCUT2D eigenvalue weighted by molar-refractivity contribution is 0.0697. The molecule has 0 aliphatic carbocycles. The average Bonchev–Trinajstić information content (AvgIpc) is 2.96. The molecule has 0 radical (unpaired) electrons. The standard InChI is InChI=1S/C12H13N3O3S2/c1-6-7(2)20-10(9(6)11(16)17)15-12(18)14-4-8-3-13-5-19-8/h3,5H,4H2,1-2H3,(H,16,17)(H2,14,15,18). The highest BCUT2D eigenvalue weighted by Crippen LogP contribution is 2.32. The number of thiophene rings is 1. The quantitative estimate of drug-likeness (QED) is 0.809. The van der Waals surface area contributed by atoms with E-state index in [9.17, 15) is 14.7 Å². The number of hydrogen-bond acceptors (Lipinski definition) is 5. The number of amides is 2. The first-order chi connectivity index (χ1) is 9.49. The van der Waals surface area contributed by atoms with Crippen molar-refractivity contribution in [1.29, 1.82) is 0 Å². The zero-order valence-corrected chi connectivity index (χ0v) is 12.5. The average molecular weight is 311 g/mol. The molecule has 2 aromatic rings. The molecule has 0 atom stereocenters. The highest BCUT2D eigenvalue weighted by atomic mass is 32.1. The van der Waals surface area contributed by atoms with E-state index in [4.69, 9.17) is 0 Å². The van der Waals surface area contributed by atoms with Crippen LogP contribution in [0.4, 0.5) is 9.80 Å². The molecule has 2 amide bonds. The van der Waals surface area contributed by atoms with Gasteiger partial charge in [0.25, 0.3) is 0 Å². The number of urea groups is 1. The van der Waals surface area contributed by atoms with Crippen LogP contribution in [-0.2, 0) is 6.54 Å². The Labute approximate surface area is 123 Å². The van der Waals surface area contributed by atoms with Gasteiger partial charge in [0.2, 0.25) is 0 Å². The Morgan fingerprint density at radius 1 is 1.40 bits per heavy atom. The maximum Gasteiger partial charge on any atom is 0.338 e. The van der Waals surface area contributed by atoms with Crippen molar-refractivity contribution in [2.45, 2.75) is 20.4 Å². The normalized spacial score (nSPS) is 10.3. The molecule has 0 aromatic carbocycles. The zero-order valence-electron chi connectivity index (χ0n) is 10.9. The second-order valence-corrected chi connectivity index (χ2v) is 6.26. The third-order valence-corrected chi connectivity index (χ3v) is 4.64. The molecule has 0 saturated heterocycles. The number of carboxylic acid groups (broad SMARTS) is 1. The number of aromatic carboxylic acids is 1. The van der Waals surface area contributed by atoms with E-state index in [1.807, 2.05) is 6.92 Å². The summed E-state index contributed by atoms with van der Waals surface area (Å²) in [5, 5.41) is 14.8. The van der Waals surface area contributed by atoms with Crippen molar-refractivity contribution in [1.82, 2.24) is 10.3 Å². The number of aromatic nitrogens is 1. The fraction of sp³-hybridized carbons (Fsp3) is 0.250. The van der Waals surface area contributed by atoms with Crippen LogP contribution in [-0.4, -0.2) is 22.1 Å². The van der Waals surface area contributed by atoms with E-state index in [2.05, 4.69) is 15.6 Å². The van der Waals surface area contributed by atoms with Gasteiger partial charge in [-0.25, -0.2) is 9.59 Å². The number of thiazole rings is 1. The van der Waals surface area contributed by atoms with Gasteiger partial charge in [-0.3, -0.25) is 10.3 Å². The molecule has 6 nitrogen and oxygen atoms in total. The molecule has 2 aromatic heterocycles. The van der Waals surface area contributed by atoms with E-state index in [0.29, 0.717) is 17.1 Å². The topological polar surface area (TPSA) is 91.3 Å². The highest BCUT2D eigenvalue weighted by Gasteiger charge is 2.20. The third-order valence-electron chi connectivity index (χ3n) is 2.73. The summed E-state index contributed by atoms with van der Waals surface area (Å²) in [6.07, 6.45) is 1.67. The van der Waals surface area contributed by atoms with Crippen LogP contribution in [0.5, 0.6) is 0 Å².